The molecule has 0 radical (unpaired) electrons. The molecule has 3 rings (SSSR count). The van der Waals surface area contributed by atoms with E-state index in [1.165, 1.54) is 0 Å². The van der Waals surface area contributed by atoms with E-state index in [0.717, 1.165) is 41.6 Å². The van der Waals surface area contributed by atoms with Crippen molar-refractivity contribution in [3.8, 4) is 0 Å². The summed E-state index contributed by atoms with van der Waals surface area (Å²) in [7, 11) is 0. The molecule has 0 unspecified atom stereocenters. The molecule has 20 heavy (non-hydrogen) atoms. The summed E-state index contributed by atoms with van der Waals surface area (Å²) < 4.78 is 0. The van der Waals surface area contributed by atoms with Crippen LogP contribution in [0.4, 0.5) is 0 Å². The van der Waals surface area contributed by atoms with Crippen LogP contribution < -0.4 is 5.56 Å². The van der Waals surface area contributed by atoms with Crippen LogP contribution in [0.5, 0.6) is 0 Å². The Balaban J connectivity index is 1.83. The highest BCUT2D eigenvalue weighted by atomic mass is 32.1. The third kappa shape index (κ3) is 2.66. The lowest BCUT2D eigenvalue weighted by atomic mass is 10.1. The fourth-order valence-electron chi connectivity index (χ4n) is 2.43. The van der Waals surface area contributed by atoms with E-state index in [0.29, 0.717) is 6.54 Å². The van der Waals surface area contributed by atoms with Crippen LogP contribution in [0.1, 0.15) is 41.9 Å². The lowest BCUT2D eigenvalue weighted by Gasteiger charge is -2.27. The zero-order valence-electron chi connectivity index (χ0n) is 11.7. The topological polar surface area (TPSA) is 61.9 Å². The van der Waals surface area contributed by atoms with E-state index in [2.05, 4.69) is 19.9 Å². The second-order valence-corrected chi connectivity index (χ2v) is 6.40. The van der Waals surface area contributed by atoms with E-state index in [1.807, 2.05) is 25.4 Å². The monoisotopic (exact) mass is 290 g/mol. The minimum absolute atomic E-state index is 0.0162. The maximum atomic E-state index is 12.2. The molecule has 0 aromatic carbocycles. The number of aromatic amines is 1. The minimum Gasteiger partial charge on any atom is -0.310 e. The second kappa shape index (κ2) is 5.46. The zero-order chi connectivity index (χ0) is 14.1. The first kappa shape index (κ1) is 13.5. The van der Waals surface area contributed by atoms with E-state index >= 15 is 0 Å². The molecule has 3 heterocycles. The molecule has 0 spiro atoms. The maximum absolute atomic E-state index is 12.2. The summed E-state index contributed by atoms with van der Waals surface area (Å²) in [6.45, 7) is 6.49. The van der Waals surface area contributed by atoms with Crippen molar-refractivity contribution in [3.63, 3.8) is 0 Å². The van der Waals surface area contributed by atoms with Crippen LogP contribution in [0.3, 0.4) is 0 Å². The van der Waals surface area contributed by atoms with Crippen molar-refractivity contribution in [3.05, 3.63) is 44.0 Å². The largest absolute Gasteiger partial charge is 0.310 e. The van der Waals surface area contributed by atoms with Crippen molar-refractivity contribution in [1.82, 2.24) is 19.9 Å². The van der Waals surface area contributed by atoms with E-state index in [9.17, 15) is 4.79 Å². The third-order valence-corrected chi connectivity index (χ3v) is 4.32. The number of hydrogen-bond donors (Lipinski definition) is 1. The number of rotatable bonds is 3. The Labute approximate surface area is 121 Å². The maximum Gasteiger partial charge on any atom is 0.255 e. The minimum atomic E-state index is 0.0162. The fraction of sp³-hybridized carbons (Fsp3) is 0.500. The summed E-state index contributed by atoms with van der Waals surface area (Å²) >= 11 is 1.65. The summed E-state index contributed by atoms with van der Waals surface area (Å²) in [4.78, 5) is 26.3. The summed E-state index contributed by atoms with van der Waals surface area (Å²) in [5, 5.41) is 3.08. The average Bonchev–Trinajstić information content (AvgIpc) is 2.92. The number of fused-ring (bicyclic) bond motifs is 1. The Morgan fingerprint density at radius 3 is 3.05 bits per heavy atom. The Hall–Kier alpha value is -1.53. The predicted molar refractivity (Wildman–Crippen MR) is 78.9 cm³/mol. The van der Waals surface area contributed by atoms with Gasteiger partial charge in [0.1, 0.15) is 10.8 Å². The normalized spacial score (nSPS) is 15.6. The first-order chi connectivity index (χ1) is 9.63. The summed E-state index contributed by atoms with van der Waals surface area (Å²) in [5.74, 6) is 1.04. The van der Waals surface area contributed by atoms with Crippen molar-refractivity contribution in [2.75, 3.05) is 6.54 Å². The predicted octanol–water partition coefficient (Wildman–Crippen LogP) is 1.91. The van der Waals surface area contributed by atoms with Crippen molar-refractivity contribution >= 4 is 11.3 Å². The molecule has 0 aliphatic carbocycles. The zero-order valence-corrected chi connectivity index (χ0v) is 12.5. The molecule has 1 aliphatic heterocycles. The number of thiazole rings is 1. The van der Waals surface area contributed by atoms with Gasteiger partial charge in [-0.05, 0) is 0 Å². The van der Waals surface area contributed by atoms with E-state index < -0.39 is 0 Å². The molecule has 1 aliphatic rings. The SMILES string of the molecule is CC(C)c1nc2c(c(=O)[nH]1)CN(Cc1nccs1)CC2. The van der Waals surface area contributed by atoms with Gasteiger partial charge in [0.25, 0.3) is 5.56 Å². The molecule has 0 fully saturated rings. The molecule has 0 bridgehead atoms. The van der Waals surface area contributed by atoms with Crippen molar-refractivity contribution in [2.45, 2.75) is 39.3 Å². The lowest BCUT2D eigenvalue weighted by Crippen LogP contribution is -2.35. The van der Waals surface area contributed by atoms with Gasteiger partial charge < -0.3 is 4.98 Å². The van der Waals surface area contributed by atoms with Crippen LogP contribution in [0.15, 0.2) is 16.4 Å². The van der Waals surface area contributed by atoms with Gasteiger partial charge in [-0.25, -0.2) is 9.97 Å². The molecular formula is C14H18N4OS. The molecule has 0 saturated carbocycles. The van der Waals surface area contributed by atoms with Crippen LogP contribution in [0.2, 0.25) is 0 Å². The summed E-state index contributed by atoms with van der Waals surface area (Å²) in [6.07, 6.45) is 2.66. The molecule has 6 heteroatoms. The number of nitrogens with one attached hydrogen (secondary N) is 1. The van der Waals surface area contributed by atoms with Crippen LogP contribution in [-0.4, -0.2) is 26.4 Å². The molecule has 1 N–H and O–H groups in total. The van der Waals surface area contributed by atoms with Gasteiger partial charge in [-0.15, -0.1) is 11.3 Å². The van der Waals surface area contributed by atoms with Crippen molar-refractivity contribution in [1.29, 1.82) is 0 Å². The Morgan fingerprint density at radius 1 is 1.50 bits per heavy atom. The van der Waals surface area contributed by atoms with Gasteiger partial charge in [-0.2, -0.15) is 0 Å². The molecule has 2 aromatic rings. The highest BCUT2D eigenvalue weighted by molar-refractivity contribution is 7.09. The van der Waals surface area contributed by atoms with Crippen LogP contribution in [0.25, 0.3) is 0 Å². The second-order valence-electron chi connectivity index (χ2n) is 5.42. The van der Waals surface area contributed by atoms with Crippen molar-refractivity contribution < 1.29 is 0 Å². The quantitative estimate of drug-likeness (QED) is 0.938. The van der Waals surface area contributed by atoms with Gasteiger partial charge in [0.05, 0.1) is 17.8 Å². The van der Waals surface area contributed by atoms with Gasteiger partial charge in [0.2, 0.25) is 0 Å². The van der Waals surface area contributed by atoms with Crippen LogP contribution in [-0.2, 0) is 19.5 Å². The molecule has 0 saturated heterocycles. The first-order valence-electron chi connectivity index (χ1n) is 6.86. The Kier molecular flexibility index (Phi) is 3.67. The first-order valence-corrected chi connectivity index (χ1v) is 7.74. The molecular weight excluding hydrogens is 272 g/mol. The fourth-order valence-corrected chi connectivity index (χ4v) is 3.09. The molecule has 106 valence electrons. The number of hydrogen-bond acceptors (Lipinski definition) is 5. The van der Waals surface area contributed by atoms with Gasteiger partial charge in [0.15, 0.2) is 0 Å². The number of aromatic nitrogens is 3. The molecule has 0 atom stereocenters. The Morgan fingerprint density at radius 2 is 2.35 bits per heavy atom. The van der Waals surface area contributed by atoms with E-state index in [1.54, 1.807) is 11.3 Å². The van der Waals surface area contributed by atoms with Crippen molar-refractivity contribution in [2.24, 2.45) is 0 Å². The van der Waals surface area contributed by atoms with Gasteiger partial charge in [-0.3, -0.25) is 9.69 Å². The standard InChI is InChI=1S/C14H18N4OS/c1-9(2)13-16-11-3-5-18(7-10(11)14(19)17-13)8-12-15-4-6-20-12/h4,6,9H,3,5,7-8H2,1-2H3,(H,16,17,19). The number of nitrogens with zero attached hydrogens (tertiary/aromatic N) is 3. The molecule has 5 nitrogen and oxygen atoms in total. The van der Waals surface area contributed by atoms with Crippen LogP contribution in [0, 0.1) is 0 Å². The highest BCUT2D eigenvalue weighted by Gasteiger charge is 2.22. The van der Waals surface area contributed by atoms with Gasteiger partial charge in [0, 0.05) is 37.0 Å². The van der Waals surface area contributed by atoms with E-state index in [4.69, 9.17) is 0 Å². The lowest BCUT2D eigenvalue weighted by molar-refractivity contribution is 0.241. The summed E-state index contributed by atoms with van der Waals surface area (Å²) in [6, 6.07) is 0. The number of H-pyrrole nitrogens is 1. The van der Waals surface area contributed by atoms with E-state index in [-0.39, 0.29) is 11.5 Å². The molecule has 0 amide bonds. The van der Waals surface area contributed by atoms with Crippen LogP contribution >= 0.6 is 11.3 Å². The van der Waals surface area contributed by atoms with Gasteiger partial charge >= 0.3 is 0 Å². The summed E-state index contributed by atoms with van der Waals surface area (Å²) in [5.41, 5.74) is 1.80. The van der Waals surface area contributed by atoms with Gasteiger partial charge in [-0.1, -0.05) is 13.8 Å². The smallest absolute Gasteiger partial charge is 0.255 e. The highest BCUT2D eigenvalue weighted by Crippen LogP contribution is 2.18. The average molecular weight is 290 g/mol. The Bertz CT molecular complexity index is 648. The third-order valence-electron chi connectivity index (χ3n) is 3.56. The molecule has 2 aromatic heterocycles.